The van der Waals surface area contributed by atoms with Crippen LogP contribution >= 0.6 is 0 Å². The van der Waals surface area contributed by atoms with Gasteiger partial charge in [-0.25, -0.2) is 9.18 Å². The summed E-state index contributed by atoms with van der Waals surface area (Å²) in [5.41, 5.74) is 0.0973. The van der Waals surface area contributed by atoms with E-state index >= 15 is 0 Å². The number of fused-ring (bicyclic) bond motifs is 1. The molecule has 1 heterocycles. The summed E-state index contributed by atoms with van der Waals surface area (Å²) in [5, 5.41) is 18.4. The molecule has 0 aliphatic carbocycles. The molecule has 1 aromatic rings. The van der Waals surface area contributed by atoms with Gasteiger partial charge in [-0.05, 0) is 18.1 Å². The molecule has 0 saturated carbocycles. The molecule has 1 aliphatic rings. The van der Waals surface area contributed by atoms with Crippen molar-refractivity contribution in [2.75, 3.05) is 0 Å². The Morgan fingerprint density at radius 1 is 1.62 bits per heavy atom. The third kappa shape index (κ3) is 1.65. The average molecular weight is 224 g/mol. The predicted octanol–water partition coefficient (Wildman–Crippen LogP) is 1.33. The number of hydrogen-bond donors (Lipinski definition) is 2. The Morgan fingerprint density at radius 3 is 2.94 bits per heavy atom. The van der Waals surface area contributed by atoms with Crippen molar-refractivity contribution in [3.8, 4) is 5.75 Å². The smallest absolute Gasteiger partial charge is 0.525 e. The van der Waals surface area contributed by atoms with Crippen LogP contribution in [-0.4, -0.2) is 23.2 Å². The van der Waals surface area contributed by atoms with Crippen molar-refractivity contribution in [2.45, 2.75) is 19.2 Å². The minimum atomic E-state index is -1.39. The normalized spacial score (nSPS) is 18.9. The topological polar surface area (TPSA) is 66.8 Å². The number of halogens is 1. The minimum Gasteiger partial charge on any atom is -0.535 e. The summed E-state index contributed by atoms with van der Waals surface area (Å²) in [5.74, 6) is -2.44. The number of aromatic carboxylic acids is 1. The first-order valence-electron chi connectivity index (χ1n) is 4.90. The second kappa shape index (κ2) is 3.79. The van der Waals surface area contributed by atoms with Crippen molar-refractivity contribution in [3.05, 3.63) is 29.1 Å². The zero-order valence-corrected chi connectivity index (χ0v) is 8.61. The molecule has 0 saturated heterocycles. The molecule has 16 heavy (non-hydrogen) atoms. The molecule has 1 aromatic carbocycles. The molecular weight excluding hydrogens is 214 g/mol. The van der Waals surface area contributed by atoms with Gasteiger partial charge in [0, 0.05) is 5.82 Å². The molecule has 1 unspecified atom stereocenters. The Balaban J connectivity index is 2.56. The van der Waals surface area contributed by atoms with Gasteiger partial charge in [0.1, 0.15) is 17.1 Å². The quantitative estimate of drug-likeness (QED) is 0.706. The Kier molecular flexibility index (Phi) is 2.59. The minimum absolute atomic E-state index is 0.0573. The molecule has 84 valence electrons. The van der Waals surface area contributed by atoms with Crippen LogP contribution in [0.4, 0.5) is 4.39 Å². The molecule has 0 fully saturated rings. The van der Waals surface area contributed by atoms with Crippen molar-refractivity contribution >= 4 is 13.1 Å². The fourth-order valence-corrected chi connectivity index (χ4v) is 1.78. The van der Waals surface area contributed by atoms with Crippen LogP contribution in [-0.2, 0) is 6.42 Å². The highest BCUT2D eigenvalue weighted by Gasteiger charge is 2.34. The van der Waals surface area contributed by atoms with Crippen molar-refractivity contribution in [3.63, 3.8) is 0 Å². The second-order valence-corrected chi connectivity index (χ2v) is 3.91. The van der Waals surface area contributed by atoms with Crippen LogP contribution < -0.4 is 4.65 Å². The molecule has 0 radical (unpaired) electrons. The summed E-state index contributed by atoms with van der Waals surface area (Å²) in [6.45, 7) is 1.78. The van der Waals surface area contributed by atoms with Crippen molar-refractivity contribution in [2.24, 2.45) is 0 Å². The van der Waals surface area contributed by atoms with Gasteiger partial charge in [-0.1, -0.05) is 13.0 Å². The number of hydrogen-bond acceptors (Lipinski definition) is 3. The lowest BCUT2D eigenvalue weighted by atomic mass is 9.68. The highest BCUT2D eigenvalue weighted by atomic mass is 19.1. The monoisotopic (exact) mass is 224 g/mol. The van der Waals surface area contributed by atoms with Gasteiger partial charge in [0.2, 0.25) is 0 Å². The molecule has 0 amide bonds. The van der Waals surface area contributed by atoms with Gasteiger partial charge in [0.05, 0.1) is 0 Å². The van der Waals surface area contributed by atoms with Gasteiger partial charge in [0.25, 0.3) is 0 Å². The largest absolute Gasteiger partial charge is 0.535 e. The second-order valence-electron chi connectivity index (χ2n) is 3.91. The SMILES string of the molecule is CC1Cc2ccc(F)c(C(=O)O)c2OB1O. The van der Waals surface area contributed by atoms with E-state index in [9.17, 15) is 14.2 Å². The first-order valence-corrected chi connectivity index (χ1v) is 4.90. The highest BCUT2D eigenvalue weighted by molar-refractivity contribution is 6.46. The van der Waals surface area contributed by atoms with E-state index in [1.807, 2.05) is 0 Å². The molecule has 0 spiro atoms. The van der Waals surface area contributed by atoms with Gasteiger partial charge in [0.15, 0.2) is 0 Å². The van der Waals surface area contributed by atoms with Crippen LogP contribution in [0.1, 0.15) is 22.8 Å². The van der Waals surface area contributed by atoms with Crippen molar-refractivity contribution in [1.29, 1.82) is 0 Å². The maximum atomic E-state index is 13.3. The summed E-state index contributed by atoms with van der Waals surface area (Å²) in [6, 6.07) is 2.59. The molecule has 6 heteroatoms. The summed E-state index contributed by atoms with van der Waals surface area (Å²) in [6.07, 6.45) is 0.469. The summed E-state index contributed by atoms with van der Waals surface area (Å²) in [4.78, 5) is 10.9. The van der Waals surface area contributed by atoms with Gasteiger partial charge in [-0.15, -0.1) is 0 Å². The van der Waals surface area contributed by atoms with E-state index in [4.69, 9.17) is 9.76 Å². The molecule has 2 N–H and O–H groups in total. The van der Waals surface area contributed by atoms with E-state index in [1.165, 1.54) is 6.07 Å². The van der Waals surface area contributed by atoms with E-state index in [-0.39, 0.29) is 11.6 Å². The van der Waals surface area contributed by atoms with Gasteiger partial charge < -0.3 is 14.8 Å². The first-order chi connectivity index (χ1) is 7.50. The van der Waals surface area contributed by atoms with Crippen LogP contribution in [0, 0.1) is 5.82 Å². The van der Waals surface area contributed by atoms with Gasteiger partial charge in [-0.2, -0.15) is 0 Å². The molecule has 4 nitrogen and oxygen atoms in total. The van der Waals surface area contributed by atoms with Crippen molar-refractivity contribution < 1.29 is 24.0 Å². The van der Waals surface area contributed by atoms with Gasteiger partial charge in [-0.3, -0.25) is 0 Å². The summed E-state index contributed by atoms with van der Waals surface area (Å²) in [7, 11) is -1.09. The Bertz CT molecular complexity index is 449. The molecule has 1 atom stereocenters. The fraction of sp³-hybridized carbons (Fsp3) is 0.300. The van der Waals surface area contributed by atoms with Crippen LogP contribution in [0.25, 0.3) is 0 Å². The highest BCUT2D eigenvalue weighted by Crippen LogP contribution is 2.35. The van der Waals surface area contributed by atoms with Crippen LogP contribution in [0.15, 0.2) is 12.1 Å². The Labute approximate surface area is 91.8 Å². The molecule has 0 aromatic heterocycles. The summed E-state index contributed by atoms with van der Waals surface area (Å²) < 4.78 is 18.4. The van der Waals surface area contributed by atoms with E-state index in [2.05, 4.69) is 0 Å². The lowest BCUT2D eigenvalue weighted by molar-refractivity contribution is 0.0689. The average Bonchev–Trinajstić information content (AvgIpc) is 2.20. The zero-order chi connectivity index (χ0) is 11.9. The van der Waals surface area contributed by atoms with Crippen molar-refractivity contribution in [1.82, 2.24) is 0 Å². The molecular formula is C10H10BFO4. The van der Waals surface area contributed by atoms with Crippen LogP contribution in [0.2, 0.25) is 5.82 Å². The lowest BCUT2D eigenvalue weighted by Crippen LogP contribution is -2.33. The zero-order valence-electron chi connectivity index (χ0n) is 8.61. The predicted molar refractivity (Wildman–Crippen MR) is 55.1 cm³/mol. The first kappa shape index (κ1) is 10.9. The van der Waals surface area contributed by atoms with Crippen LogP contribution in [0.3, 0.4) is 0 Å². The number of benzene rings is 1. The fourth-order valence-electron chi connectivity index (χ4n) is 1.78. The third-order valence-electron chi connectivity index (χ3n) is 2.67. The van der Waals surface area contributed by atoms with Crippen LogP contribution in [0.5, 0.6) is 5.75 Å². The maximum absolute atomic E-state index is 13.3. The number of rotatable bonds is 1. The molecule has 2 rings (SSSR count). The third-order valence-corrected chi connectivity index (χ3v) is 2.67. The van der Waals surface area contributed by atoms with Gasteiger partial charge >= 0.3 is 13.1 Å². The maximum Gasteiger partial charge on any atom is 0.525 e. The van der Waals surface area contributed by atoms with E-state index < -0.39 is 24.5 Å². The van der Waals surface area contributed by atoms with E-state index in [0.29, 0.717) is 12.0 Å². The lowest BCUT2D eigenvalue weighted by Gasteiger charge is -2.26. The summed E-state index contributed by atoms with van der Waals surface area (Å²) >= 11 is 0. The van der Waals surface area contributed by atoms with E-state index in [1.54, 1.807) is 6.92 Å². The molecule has 0 bridgehead atoms. The number of carboxylic acid groups (broad SMARTS) is 1. The molecule has 1 aliphatic heterocycles. The number of carboxylic acids is 1. The Morgan fingerprint density at radius 2 is 2.31 bits per heavy atom. The standard InChI is InChI=1S/C10H10BFO4/c1-5-4-6-2-3-7(12)8(10(13)14)9(6)16-11(5)15/h2-3,5,15H,4H2,1H3,(H,13,14). The van der Waals surface area contributed by atoms with E-state index in [0.717, 1.165) is 6.07 Å². The number of carbonyl (C=O) groups is 1. The Hall–Kier alpha value is -1.56.